The highest BCUT2D eigenvalue weighted by Crippen LogP contribution is 2.14. The molecule has 0 unspecified atom stereocenters. The average Bonchev–Trinajstić information content (AvgIpc) is 2.65. The van der Waals surface area contributed by atoms with Gasteiger partial charge >= 0.3 is 6.09 Å². The van der Waals surface area contributed by atoms with E-state index in [1.165, 1.54) is 0 Å². The molecule has 0 aliphatic carbocycles. The van der Waals surface area contributed by atoms with E-state index in [1.54, 1.807) is 17.3 Å². The van der Waals surface area contributed by atoms with Gasteiger partial charge in [-0.25, -0.2) is 4.79 Å². The summed E-state index contributed by atoms with van der Waals surface area (Å²) in [5, 5.41) is 2.94. The Bertz CT molecular complexity index is 829. The first-order valence-electron chi connectivity index (χ1n) is 9.88. The zero-order valence-corrected chi connectivity index (χ0v) is 18.0. The van der Waals surface area contributed by atoms with E-state index in [2.05, 4.69) is 10.3 Å². The summed E-state index contributed by atoms with van der Waals surface area (Å²) in [6.07, 6.45) is 3.68. The van der Waals surface area contributed by atoms with Crippen molar-refractivity contribution in [3.8, 4) is 0 Å². The number of carbonyl (C=O) groups is 2. The number of nitrogens with one attached hydrogen (secondary N) is 1. The van der Waals surface area contributed by atoms with Gasteiger partial charge in [0, 0.05) is 31.0 Å². The number of hydrogen-bond acceptors (Lipinski definition) is 4. The van der Waals surface area contributed by atoms with Crippen LogP contribution >= 0.6 is 0 Å². The van der Waals surface area contributed by atoms with Gasteiger partial charge in [-0.2, -0.15) is 0 Å². The number of pyridine rings is 1. The van der Waals surface area contributed by atoms with E-state index in [4.69, 9.17) is 4.74 Å². The Kier molecular flexibility index (Phi) is 7.76. The Balaban J connectivity index is 1.93. The number of hydrogen-bond donors (Lipinski definition) is 1. The predicted molar refractivity (Wildman–Crippen MR) is 114 cm³/mol. The van der Waals surface area contributed by atoms with Crippen LogP contribution in [-0.4, -0.2) is 40.6 Å². The smallest absolute Gasteiger partial charge is 0.410 e. The molecule has 2 rings (SSSR count). The molecule has 1 heterocycles. The summed E-state index contributed by atoms with van der Waals surface area (Å²) >= 11 is 0. The van der Waals surface area contributed by atoms with Crippen molar-refractivity contribution in [2.45, 2.75) is 53.2 Å². The Hall–Kier alpha value is -2.89. The highest BCUT2D eigenvalue weighted by molar-refractivity contribution is 5.95. The van der Waals surface area contributed by atoms with Crippen molar-refractivity contribution in [3.05, 3.63) is 65.0 Å². The second-order valence-corrected chi connectivity index (χ2v) is 8.12. The summed E-state index contributed by atoms with van der Waals surface area (Å²) in [5.41, 5.74) is 3.12. The fourth-order valence-corrected chi connectivity index (χ4v) is 2.84. The molecule has 1 aromatic carbocycles. The molecule has 6 nitrogen and oxygen atoms in total. The molecule has 0 aliphatic heterocycles. The van der Waals surface area contributed by atoms with E-state index < -0.39 is 5.60 Å². The van der Waals surface area contributed by atoms with Crippen molar-refractivity contribution in [2.75, 3.05) is 13.1 Å². The highest BCUT2D eigenvalue weighted by atomic mass is 16.6. The number of benzene rings is 1. The van der Waals surface area contributed by atoms with Crippen LogP contribution in [0.4, 0.5) is 4.79 Å². The molecule has 0 atom stereocenters. The second kappa shape index (κ2) is 10.0. The molecule has 0 spiro atoms. The molecule has 0 saturated carbocycles. The number of aryl methyl sites for hydroxylation is 1. The monoisotopic (exact) mass is 397 g/mol. The molecule has 0 aliphatic rings. The fraction of sp³-hybridized carbons (Fsp3) is 0.435. The molecule has 0 saturated heterocycles. The molecule has 0 fully saturated rings. The molecule has 0 radical (unpaired) electrons. The maximum Gasteiger partial charge on any atom is 0.410 e. The zero-order chi connectivity index (χ0) is 21.4. The van der Waals surface area contributed by atoms with Crippen molar-refractivity contribution < 1.29 is 14.3 Å². The van der Waals surface area contributed by atoms with Crippen LogP contribution in [0.3, 0.4) is 0 Å². The number of nitrogens with zero attached hydrogens (tertiary/aromatic N) is 2. The molecule has 0 bridgehead atoms. The normalized spacial score (nSPS) is 11.1. The number of aromatic nitrogens is 1. The van der Waals surface area contributed by atoms with E-state index in [9.17, 15) is 9.59 Å². The van der Waals surface area contributed by atoms with Crippen molar-refractivity contribution >= 4 is 12.0 Å². The van der Waals surface area contributed by atoms with Crippen LogP contribution in [0, 0.1) is 13.8 Å². The third kappa shape index (κ3) is 7.22. The summed E-state index contributed by atoms with van der Waals surface area (Å²) < 4.78 is 5.53. The number of carbonyl (C=O) groups excluding carboxylic acids is 2. The second-order valence-electron chi connectivity index (χ2n) is 8.12. The largest absolute Gasteiger partial charge is 0.444 e. The van der Waals surface area contributed by atoms with E-state index in [0.717, 1.165) is 16.7 Å². The van der Waals surface area contributed by atoms with Gasteiger partial charge in [-0.15, -0.1) is 0 Å². The van der Waals surface area contributed by atoms with Gasteiger partial charge in [-0.1, -0.05) is 18.2 Å². The fourth-order valence-electron chi connectivity index (χ4n) is 2.84. The molecule has 2 aromatic rings. The maximum absolute atomic E-state index is 12.6. The lowest BCUT2D eigenvalue weighted by Crippen LogP contribution is -2.38. The van der Waals surface area contributed by atoms with Crippen LogP contribution in [0.5, 0.6) is 0 Å². The van der Waals surface area contributed by atoms with Crippen LogP contribution in [-0.2, 0) is 11.3 Å². The van der Waals surface area contributed by atoms with Crippen LogP contribution < -0.4 is 5.32 Å². The van der Waals surface area contributed by atoms with Crippen molar-refractivity contribution in [2.24, 2.45) is 0 Å². The number of ether oxygens (including phenoxy) is 1. The summed E-state index contributed by atoms with van der Waals surface area (Å²) in [5.74, 6) is -0.0951. The first-order chi connectivity index (χ1) is 13.7. The lowest BCUT2D eigenvalue weighted by Gasteiger charge is -2.27. The first-order valence-corrected chi connectivity index (χ1v) is 9.88. The van der Waals surface area contributed by atoms with Crippen molar-refractivity contribution in [1.29, 1.82) is 0 Å². The number of rotatable bonds is 7. The molecule has 1 aromatic heterocycles. The van der Waals surface area contributed by atoms with Gasteiger partial charge in [0.25, 0.3) is 5.91 Å². The van der Waals surface area contributed by atoms with Crippen molar-refractivity contribution in [3.63, 3.8) is 0 Å². The molecular weight excluding hydrogens is 366 g/mol. The van der Waals surface area contributed by atoms with Gasteiger partial charge in [-0.05, 0) is 69.9 Å². The standard InChI is InChI=1S/C23H31N3O3/c1-17-9-6-11-20(18(17)2)21(27)25-13-8-14-26(22(28)29-23(3,4)5)16-19-10-7-12-24-15-19/h6-7,9-12,15H,8,13-14,16H2,1-5H3,(H,25,27). The molecular formula is C23H31N3O3. The van der Waals surface area contributed by atoms with Crippen LogP contribution in [0.15, 0.2) is 42.7 Å². The average molecular weight is 398 g/mol. The third-order valence-electron chi connectivity index (χ3n) is 4.49. The minimum Gasteiger partial charge on any atom is -0.444 e. The molecule has 1 N–H and O–H groups in total. The van der Waals surface area contributed by atoms with Gasteiger partial charge in [0.1, 0.15) is 5.60 Å². The van der Waals surface area contributed by atoms with Crippen LogP contribution in [0.1, 0.15) is 54.2 Å². The molecule has 6 heteroatoms. The molecule has 29 heavy (non-hydrogen) atoms. The molecule has 2 amide bonds. The van der Waals surface area contributed by atoms with Crippen LogP contribution in [0.25, 0.3) is 0 Å². The zero-order valence-electron chi connectivity index (χ0n) is 18.0. The number of amides is 2. The summed E-state index contributed by atoms with van der Waals surface area (Å²) in [6, 6.07) is 9.46. The summed E-state index contributed by atoms with van der Waals surface area (Å²) in [7, 11) is 0. The summed E-state index contributed by atoms with van der Waals surface area (Å²) in [4.78, 5) is 30.8. The lowest BCUT2D eigenvalue weighted by atomic mass is 10.0. The van der Waals surface area contributed by atoms with Gasteiger partial charge in [-0.3, -0.25) is 9.78 Å². The van der Waals surface area contributed by atoms with Crippen molar-refractivity contribution in [1.82, 2.24) is 15.2 Å². The van der Waals surface area contributed by atoms with Gasteiger partial charge in [0.05, 0.1) is 6.54 Å². The minimum atomic E-state index is -0.568. The van der Waals surface area contributed by atoms with Crippen LogP contribution in [0.2, 0.25) is 0 Å². The van der Waals surface area contributed by atoms with E-state index >= 15 is 0 Å². The Morgan fingerprint density at radius 1 is 1.14 bits per heavy atom. The Morgan fingerprint density at radius 3 is 2.55 bits per heavy atom. The van der Waals surface area contributed by atoms with E-state index in [-0.39, 0.29) is 12.0 Å². The Morgan fingerprint density at radius 2 is 1.90 bits per heavy atom. The molecule has 156 valence electrons. The minimum absolute atomic E-state index is 0.0951. The Labute approximate surface area is 173 Å². The van der Waals surface area contributed by atoms with E-state index in [1.807, 2.05) is 65.0 Å². The maximum atomic E-state index is 12.6. The quantitative estimate of drug-likeness (QED) is 0.709. The van der Waals surface area contributed by atoms with Gasteiger partial charge in [0.2, 0.25) is 0 Å². The first kappa shape index (κ1) is 22.4. The third-order valence-corrected chi connectivity index (χ3v) is 4.49. The van der Waals surface area contributed by atoms with Gasteiger partial charge in [0.15, 0.2) is 0 Å². The van der Waals surface area contributed by atoms with E-state index in [0.29, 0.717) is 31.6 Å². The van der Waals surface area contributed by atoms with Gasteiger partial charge < -0.3 is 15.0 Å². The SMILES string of the molecule is Cc1cccc(C(=O)NCCCN(Cc2cccnc2)C(=O)OC(C)(C)C)c1C. The predicted octanol–water partition coefficient (Wildman–Crippen LogP) is 4.26. The lowest BCUT2D eigenvalue weighted by molar-refractivity contribution is 0.0232. The topological polar surface area (TPSA) is 71.5 Å². The highest BCUT2D eigenvalue weighted by Gasteiger charge is 2.22. The summed E-state index contributed by atoms with van der Waals surface area (Å²) in [6.45, 7) is 10.8.